The van der Waals surface area contributed by atoms with Gasteiger partial charge in [0.25, 0.3) is 5.91 Å². The molecule has 0 saturated heterocycles. The van der Waals surface area contributed by atoms with Gasteiger partial charge in [-0.15, -0.1) is 0 Å². The molecule has 0 unspecified atom stereocenters. The van der Waals surface area contributed by atoms with Crippen LogP contribution in [0.4, 0.5) is 8.78 Å². The normalized spacial score (nSPS) is 10.9. The summed E-state index contributed by atoms with van der Waals surface area (Å²) in [5.74, 6) is 0.126. The summed E-state index contributed by atoms with van der Waals surface area (Å²) in [7, 11) is 0. The molecule has 0 aromatic heterocycles. The molecule has 132 valence electrons. The number of hydrogen-bond acceptors (Lipinski definition) is 4. The van der Waals surface area contributed by atoms with Crippen molar-refractivity contribution < 1.29 is 23.0 Å². The maximum atomic E-state index is 12.3. The Labute approximate surface area is 144 Å². The Balaban J connectivity index is 1.90. The predicted octanol–water partition coefficient (Wildman–Crippen LogP) is 3.43. The molecule has 2 aromatic rings. The Morgan fingerprint density at radius 2 is 1.96 bits per heavy atom. The summed E-state index contributed by atoms with van der Waals surface area (Å²) >= 11 is 0. The van der Waals surface area contributed by atoms with Crippen molar-refractivity contribution in [3.63, 3.8) is 0 Å². The van der Waals surface area contributed by atoms with Crippen LogP contribution in [0.3, 0.4) is 0 Å². The molecule has 1 N–H and O–H groups in total. The minimum atomic E-state index is -2.94. The summed E-state index contributed by atoms with van der Waals surface area (Å²) in [4.78, 5) is 11.8. The van der Waals surface area contributed by atoms with Crippen molar-refractivity contribution in [2.75, 3.05) is 6.61 Å². The second-order valence-electron chi connectivity index (χ2n) is 5.27. The molecular weight excluding hydrogens is 330 g/mol. The van der Waals surface area contributed by atoms with Crippen LogP contribution < -0.4 is 14.9 Å². The topological polar surface area (TPSA) is 59.9 Å². The number of hydrogen-bond donors (Lipinski definition) is 1. The van der Waals surface area contributed by atoms with Gasteiger partial charge in [-0.2, -0.15) is 13.9 Å². The van der Waals surface area contributed by atoms with E-state index in [2.05, 4.69) is 15.3 Å². The zero-order chi connectivity index (χ0) is 18.2. The second kappa shape index (κ2) is 8.77. The number of amides is 1. The molecule has 5 nitrogen and oxygen atoms in total. The minimum Gasteiger partial charge on any atom is -0.483 e. The Morgan fingerprint density at radius 3 is 2.72 bits per heavy atom. The summed E-state index contributed by atoms with van der Waals surface area (Å²) in [5.41, 5.74) is 4.54. The molecule has 2 aromatic carbocycles. The first kappa shape index (κ1) is 18.4. The Kier molecular flexibility index (Phi) is 6.45. The van der Waals surface area contributed by atoms with Crippen LogP contribution in [0, 0.1) is 13.8 Å². The highest BCUT2D eigenvalue weighted by atomic mass is 19.3. The predicted molar refractivity (Wildman–Crippen MR) is 90.2 cm³/mol. The maximum Gasteiger partial charge on any atom is 0.387 e. The van der Waals surface area contributed by atoms with Gasteiger partial charge in [0, 0.05) is 5.56 Å². The van der Waals surface area contributed by atoms with Gasteiger partial charge in [0.1, 0.15) is 11.5 Å². The van der Waals surface area contributed by atoms with E-state index >= 15 is 0 Å². The van der Waals surface area contributed by atoms with Crippen LogP contribution in [0.15, 0.2) is 47.6 Å². The smallest absolute Gasteiger partial charge is 0.387 e. The Hall–Kier alpha value is -2.96. The first-order valence-corrected chi connectivity index (χ1v) is 7.51. The van der Waals surface area contributed by atoms with E-state index in [1.807, 2.05) is 32.0 Å². The zero-order valence-corrected chi connectivity index (χ0v) is 13.8. The van der Waals surface area contributed by atoms with Gasteiger partial charge < -0.3 is 9.47 Å². The number of hydrazone groups is 1. The third-order valence-corrected chi connectivity index (χ3v) is 3.23. The van der Waals surface area contributed by atoms with Crippen LogP contribution in [0.2, 0.25) is 0 Å². The Bertz CT molecular complexity index is 764. The van der Waals surface area contributed by atoms with E-state index in [9.17, 15) is 13.6 Å². The molecule has 0 atom stereocenters. The summed E-state index contributed by atoms with van der Waals surface area (Å²) in [5, 5.41) is 3.73. The molecule has 0 saturated carbocycles. The fourth-order valence-corrected chi connectivity index (χ4v) is 2.00. The zero-order valence-electron chi connectivity index (χ0n) is 13.8. The van der Waals surface area contributed by atoms with Crippen molar-refractivity contribution >= 4 is 12.1 Å². The molecule has 0 spiro atoms. The van der Waals surface area contributed by atoms with Crippen molar-refractivity contribution in [3.8, 4) is 11.5 Å². The van der Waals surface area contributed by atoms with E-state index < -0.39 is 12.5 Å². The number of nitrogens with one attached hydrogen (secondary N) is 1. The van der Waals surface area contributed by atoms with Gasteiger partial charge in [0.05, 0.1) is 6.21 Å². The molecule has 0 radical (unpaired) electrons. The minimum absolute atomic E-state index is 0.0258. The maximum absolute atomic E-state index is 12.3. The molecule has 0 fully saturated rings. The molecule has 0 aliphatic heterocycles. The molecule has 0 bridgehead atoms. The number of alkyl halides is 2. The molecule has 1 amide bonds. The van der Waals surface area contributed by atoms with Gasteiger partial charge >= 0.3 is 6.61 Å². The fraction of sp³-hybridized carbons (Fsp3) is 0.222. The van der Waals surface area contributed by atoms with Crippen molar-refractivity contribution in [1.82, 2.24) is 5.43 Å². The van der Waals surface area contributed by atoms with Gasteiger partial charge in [-0.1, -0.05) is 24.3 Å². The first-order chi connectivity index (χ1) is 12.0. The number of carbonyl (C=O) groups is 1. The van der Waals surface area contributed by atoms with E-state index in [4.69, 9.17) is 4.74 Å². The molecule has 0 heterocycles. The molecule has 0 aliphatic carbocycles. The summed E-state index contributed by atoms with van der Waals surface area (Å²) in [6, 6.07) is 11.8. The van der Waals surface area contributed by atoms with Crippen LogP contribution in [0.1, 0.15) is 16.7 Å². The third kappa shape index (κ3) is 5.87. The average molecular weight is 348 g/mol. The third-order valence-electron chi connectivity index (χ3n) is 3.23. The van der Waals surface area contributed by atoms with Crippen LogP contribution in [0.5, 0.6) is 11.5 Å². The van der Waals surface area contributed by atoms with Gasteiger partial charge in [-0.05, 0) is 43.2 Å². The van der Waals surface area contributed by atoms with Crippen molar-refractivity contribution in [2.24, 2.45) is 5.10 Å². The van der Waals surface area contributed by atoms with Gasteiger partial charge in [0.2, 0.25) is 0 Å². The highest BCUT2D eigenvalue weighted by Crippen LogP contribution is 2.19. The summed E-state index contributed by atoms with van der Waals surface area (Å²) in [6.07, 6.45) is 1.23. The largest absolute Gasteiger partial charge is 0.483 e. The number of rotatable bonds is 7. The Morgan fingerprint density at radius 1 is 1.20 bits per heavy atom. The lowest BCUT2D eigenvalue weighted by atomic mass is 10.1. The van der Waals surface area contributed by atoms with E-state index in [1.54, 1.807) is 18.2 Å². The van der Waals surface area contributed by atoms with Gasteiger partial charge in [-0.3, -0.25) is 4.79 Å². The number of ether oxygens (including phenoxy) is 2. The van der Waals surface area contributed by atoms with Crippen molar-refractivity contribution in [3.05, 3.63) is 59.2 Å². The number of aryl methyl sites for hydroxylation is 2. The lowest BCUT2D eigenvalue weighted by Gasteiger charge is -2.09. The van der Waals surface area contributed by atoms with E-state index in [-0.39, 0.29) is 12.4 Å². The second-order valence-corrected chi connectivity index (χ2v) is 5.27. The van der Waals surface area contributed by atoms with Crippen LogP contribution >= 0.6 is 0 Å². The lowest BCUT2D eigenvalue weighted by Crippen LogP contribution is -2.24. The number of benzene rings is 2. The number of carbonyl (C=O) groups excluding carboxylic acids is 1. The van der Waals surface area contributed by atoms with Crippen molar-refractivity contribution in [2.45, 2.75) is 20.5 Å². The number of nitrogens with zero attached hydrogens (tertiary/aromatic N) is 1. The highest BCUT2D eigenvalue weighted by molar-refractivity contribution is 5.85. The molecule has 25 heavy (non-hydrogen) atoms. The number of halogens is 2. The molecule has 0 aliphatic rings. The monoisotopic (exact) mass is 348 g/mol. The van der Waals surface area contributed by atoms with Gasteiger partial charge in [-0.25, -0.2) is 5.43 Å². The molecule has 7 heteroatoms. The van der Waals surface area contributed by atoms with Gasteiger partial charge in [0.15, 0.2) is 6.61 Å². The van der Waals surface area contributed by atoms with E-state index in [0.717, 1.165) is 11.1 Å². The SMILES string of the molecule is Cc1ccc(C)c(OCC(=O)N/N=C/c2ccccc2OC(F)F)c1. The number of para-hydroxylation sites is 1. The fourth-order valence-electron chi connectivity index (χ4n) is 2.00. The van der Waals surface area contributed by atoms with Crippen molar-refractivity contribution in [1.29, 1.82) is 0 Å². The molecular formula is C18H18F2N2O3. The van der Waals surface area contributed by atoms with E-state index in [1.165, 1.54) is 12.3 Å². The standard InChI is InChI=1S/C18H18F2N2O3/c1-12-7-8-13(2)16(9-12)24-11-17(23)22-21-10-14-5-3-4-6-15(14)25-18(19)20/h3-10,18H,11H2,1-2H3,(H,22,23)/b21-10+. The van der Waals surface area contributed by atoms with Crippen LogP contribution in [-0.2, 0) is 4.79 Å². The molecule has 2 rings (SSSR count). The quantitative estimate of drug-likeness (QED) is 0.616. The summed E-state index contributed by atoms with van der Waals surface area (Å²) < 4.78 is 34.5. The van der Waals surface area contributed by atoms with Crippen LogP contribution in [-0.4, -0.2) is 25.3 Å². The highest BCUT2D eigenvalue weighted by Gasteiger charge is 2.08. The lowest BCUT2D eigenvalue weighted by molar-refractivity contribution is -0.123. The summed E-state index contributed by atoms with van der Waals surface area (Å²) in [6.45, 7) is 0.659. The average Bonchev–Trinajstić information content (AvgIpc) is 2.57. The first-order valence-electron chi connectivity index (χ1n) is 7.51. The van der Waals surface area contributed by atoms with E-state index in [0.29, 0.717) is 11.3 Å². The van der Waals surface area contributed by atoms with Crippen LogP contribution in [0.25, 0.3) is 0 Å².